The van der Waals surface area contributed by atoms with Crippen molar-refractivity contribution in [3.8, 4) is 0 Å². The lowest BCUT2D eigenvalue weighted by molar-refractivity contribution is -0.142. The maximum atomic E-state index is 13.6. The summed E-state index contributed by atoms with van der Waals surface area (Å²) in [6.45, 7) is 6.71. The Morgan fingerprint density at radius 1 is 1.00 bits per heavy atom. The van der Waals surface area contributed by atoms with Crippen LogP contribution in [-0.2, 0) is 14.4 Å². The van der Waals surface area contributed by atoms with Crippen LogP contribution in [0.4, 0.5) is 0 Å². The zero-order valence-corrected chi connectivity index (χ0v) is 22.3. The van der Waals surface area contributed by atoms with E-state index in [2.05, 4.69) is 10.6 Å². The van der Waals surface area contributed by atoms with Gasteiger partial charge in [0.15, 0.2) is 0 Å². The van der Waals surface area contributed by atoms with Crippen LogP contribution in [0, 0.1) is 17.3 Å². The molecule has 2 atom stereocenters. The van der Waals surface area contributed by atoms with Crippen molar-refractivity contribution in [3.05, 3.63) is 35.9 Å². The number of nitrogens with one attached hydrogen (secondary N) is 3. The predicted octanol–water partition coefficient (Wildman–Crippen LogP) is 3.03. The smallest absolute Gasteiger partial charge is 0.251 e. The Morgan fingerprint density at radius 2 is 1.62 bits per heavy atom. The average Bonchev–Trinajstić information content (AvgIpc) is 3.39. The van der Waals surface area contributed by atoms with Crippen LogP contribution in [0.15, 0.2) is 30.3 Å². The number of benzene rings is 1. The molecule has 0 aromatic heterocycles. The molecule has 1 saturated heterocycles. The zero-order valence-electron chi connectivity index (χ0n) is 22.3. The molecule has 4 N–H and O–H groups in total. The van der Waals surface area contributed by atoms with E-state index >= 15 is 0 Å². The molecule has 4 amide bonds. The Bertz CT molecular complexity index is 932. The van der Waals surface area contributed by atoms with E-state index in [0.29, 0.717) is 43.8 Å². The maximum Gasteiger partial charge on any atom is 0.251 e. The van der Waals surface area contributed by atoms with Gasteiger partial charge < -0.3 is 15.5 Å². The van der Waals surface area contributed by atoms with E-state index in [-0.39, 0.29) is 30.2 Å². The minimum absolute atomic E-state index is 0.0211. The second-order valence-corrected chi connectivity index (χ2v) is 11.6. The van der Waals surface area contributed by atoms with E-state index in [9.17, 15) is 19.2 Å². The number of hydrogen-bond donors (Lipinski definition) is 4. The molecule has 9 nitrogen and oxygen atoms in total. The van der Waals surface area contributed by atoms with Crippen molar-refractivity contribution in [1.29, 1.82) is 0 Å². The Kier molecular flexibility index (Phi) is 10.1. The molecule has 1 saturated carbocycles. The predicted molar refractivity (Wildman–Crippen MR) is 140 cm³/mol. The largest absolute Gasteiger partial charge is 0.349 e. The number of hydroxylamine groups is 1. The molecule has 0 radical (unpaired) electrons. The Labute approximate surface area is 219 Å². The summed E-state index contributed by atoms with van der Waals surface area (Å²) >= 11 is 0. The monoisotopic (exact) mass is 514 g/mol. The van der Waals surface area contributed by atoms with Crippen molar-refractivity contribution < 1.29 is 24.4 Å². The number of carbonyl (C=O) groups excluding carboxylic acids is 4. The summed E-state index contributed by atoms with van der Waals surface area (Å²) in [7, 11) is 0. The lowest BCUT2D eigenvalue weighted by Gasteiger charge is -2.39. The summed E-state index contributed by atoms with van der Waals surface area (Å²) in [4.78, 5) is 53.1. The van der Waals surface area contributed by atoms with Crippen LogP contribution in [0.5, 0.6) is 0 Å². The van der Waals surface area contributed by atoms with Gasteiger partial charge >= 0.3 is 0 Å². The third kappa shape index (κ3) is 8.28. The highest BCUT2D eigenvalue weighted by atomic mass is 16.5. The molecular formula is C28H42N4O5. The first-order chi connectivity index (χ1) is 17.6. The Hall–Kier alpha value is -2.94. The molecule has 2 fully saturated rings. The first kappa shape index (κ1) is 28.6. The molecule has 0 spiro atoms. The molecule has 9 heteroatoms. The lowest BCUT2D eigenvalue weighted by Crippen LogP contribution is -2.58. The van der Waals surface area contributed by atoms with Gasteiger partial charge in [-0.2, -0.15) is 0 Å². The number of amides is 4. The van der Waals surface area contributed by atoms with E-state index in [0.717, 1.165) is 25.7 Å². The van der Waals surface area contributed by atoms with Crippen molar-refractivity contribution in [2.45, 2.75) is 84.2 Å². The van der Waals surface area contributed by atoms with Crippen molar-refractivity contribution in [2.24, 2.45) is 17.3 Å². The molecule has 1 aromatic carbocycles. The van der Waals surface area contributed by atoms with Gasteiger partial charge in [0.2, 0.25) is 17.7 Å². The summed E-state index contributed by atoms with van der Waals surface area (Å²) in [5.41, 5.74) is 1.71. The minimum Gasteiger partial charge on any atom is -0.349 e. The van der Waals surface area contributed by atoms with Crippen LogP contribution in [0.3, 0.4) is 0 Å². The summed E-state index contributed by atoms with van der Waals surface area (Å²) in [5.74, 6) is -1.43. The number of piperidine rings is 1. The molecule has 1 aliphatic heterocycles. The van der Waals surface area contributed by atoms with Gasteiger partial charge in [0, 0.05) is 37.0 Å². The molecule has 3 rings (SSSR count). The molecule has 37 heavy (non-hydrogen) atoms. The van der Waals surface area contributed by atoms with Crippen LogP contribution in [0.25, 0.3) is 0 Å². The summed E-state index contributed by atoms with van der Waals surface area (Å²) in [5, 5.41) is 15.0. The summed E-state index contributed by atoms with van der Waals surface area (Å²) in [6, 6.07) is 8.29. The topological polar surface area (TPSA) is 128 Å². The fourth-order valence-electron chi connectivity index (χ4n) is 5.39. The van der Waals surface area contributed by atoms with Gasteiger partial charge in [0.05, 0.1) is 0 Å². The van der Waals surface area contributed by atoms with Gasteiger partial charge in [-0.05, 0) is 42.7 Å². The molecular weight excluding hydrogens is 472 g/mol. The molecule has 1 aromatic rings. The molecule has 0 bridgehead atoms. The lowest BCUT2D eigenvalue weighted by atomic mass is 9.84. The number of rotatable bonds is 9. The summed E-state index contributed by atoms with van der Waals surface area (Å²) < 4.78 is 0. The fraction of sp³-hybridized carbons (Fsp3) is 0.643. The second-order valence-electron chi connectivity index (χ2n) is 11.6. The maximum absolute atomic E-state index is 13.6. The summed E-state index contributed by atoms with van der Waals surface area (Å²) in [6.07, 6.45) is 6.02. The third-order valence-electron chi connectivity index (χ3n) is 7.60. The zero-order chi connectivity index (χ0) is 27.0. The SMILES string of the molecule is CC(C)(C)[C@H](NC(=O)[C@@H](CC(=O)NO)CC1CCCC1)C(=O)N1CCC(NC(=O)c2ccccc2)CC1. The second kappa shape index (κ2) is 13.0. The van der Waals surface area contributed by atoms with Gasteiger partial charge in [-0.1, -0.05) is 64.7 Å². The van der Waals surface area contributed by atoms with E-state index in [1.54, 1.807) is 22.5 Å². The average molecular weight is 515 g/mol. The standard InChI is InChI=1S/C28H42N4O5/c1-28(2,3)24(30-26(35)21(18-23(33)31-37)17-19-9-7-8-10-19)27(36)32-15-13-22(14-16-32)29-25(34)20-11-5-4-6-12-20/h4-6,11-12,19,21-22,24,37H,7-10,13-18H2,1-3H3,(H,29,34)(H,30,35)(H,31,33)/t21-,24-/m1/s1. The van der Waals surface area contributed by atoms with Crippen LogP contribution in [0.1, 0.15) is 82.5 Å². The van der Waals surface area contributed by atoms with Crippen molar-refractivity contribution in [2.75, 3.05) is 13.1 Å². The van der Waals surface area contributed by atoms with Crippen molar-refractivity contribution >= 4 is 23.6 Å². The first-order valence-corrected chi connectivity index (χ1v) is 13.5. The fourth-order valence-corrected chi connectivity index (χ4v) is 5.39. The van der Waals surface area contributed by atoms with E-state index in [1.807, 2.05) is 39.0 Å². The highest BCUT2D eigenvalue weighted by Gasteiger charge is 2.39. The Morgan fingerprint density at radius 3 is 2.19 bits per heavy atom. The van der Waals surface area contributed by atoms with E-state index < -0.39 is 23.3 Å². The van der Waals surface area contributed by atoms with Crippen molar-refractivity contribution in [3.63, 3.8) is 0 Å². The molecule has 204 valence electrons. The van der Waals surface area contributed by atoms with Gasteiger partial charge in [-0.25, -0.2) is 5.48 Å². The first-order valence-electron chi connectivity index (χ1n) is 13.5. The molecule has 1 aliphatic carbocycles. The molecule has 0 unspecified atom stereocenters. The van der Waals surface area contributed by atoms with Gasteiger partial charge in [0.25, 0.3) is 5.91 Å². The van der Waals surface area contributed by atoms with E-state index in [1.165, 1.54) is 0 Å². The molecule has 1 heterocycles. The quantitative estimate of drug-likeness (QED) is 0.298. The van der Waals surface area contributed by atoms with Gasteiger partial charge in [-0.15, -0.1) is 0 Å². The van der Waals surface area contributed by atoms with Crippen LogP contribution in [-0.4, -0.2) is 58.9 Å². The molecule has 2 aliphatic rings. The van der Waals surface area contributed by atoms with Crippen molar-refractivity contribution in [1.82, 2.24) is 21.0 Å². The van der Waals surface area contributed by atoms with E-state index in [4.69, 9.17) is 5.21 Å². The normalized spacial score (nSPS) is 18.6. The van der Waals surface area contributed by atoms with Crippen LogP contribution >= 0.6 is 0 Å². The minimum atomic E-state index is -0.751. The van der Waals surface area contributed by atoms with Crippen LogP contribution < -0.4 is 16.1 Å². The van der Waals surface area contributed by atoms with Crippen LogP contribution in [0.2, 0.25) is 0 Å². The third-order valence-corrected chi connectivity index (χ3v) is 7.60. The highest BCUT2D eigenvalue weighted by molar-refractivity contribution is 5.94. The number of nitrogens with zero attached hydrogens (tertiary/aromatic N) is 1. The highest BCUT2D eigenvalue weighted by Crippen LogP contribution is 2.32. The van der Waals surface area contributed by atoms with Gasteiger partial charge in [-0.3, -0.25) is 24.4 Å². The number of likely N-dealkylation sites (tertiary alicyclic amines) is 1. The number of hydrogen-bond acceptors (Lipinski definition) is 5. The van der Waals surface area contributed by atoms with Gasteiger partial charge in [0.1, 0.15) is 6.04 Å². The number of carbonyl (C=O) groups is 4. The Balaban J connectivity index is 1.60.